The van der Waals surface area contributed by atoms with Crippen molar-refractivity contribution < 1.29 is 4.79 Å². The molecule has 4 nitrogen and oxygen atoms in total. The van der Waals surface area contributed by atoms with Gasteiger partial charge in [-0.2, -0.15) is 0 Å². The number of aromatic nitrogens is 1. The summed E-state index contributed by atoms with van der Waals surface area (Å²) in [6.07, 6.45) is 0. The Morgan fingerprint density at radius 3 is 2.47 bits per heavy atom. The molecule has 98 valence electrons. The van der Waals surface area contributed by atoms with Gasteiger partial charge in [-0.3, -0.25) is 4.79 Å². The van der Waals surface area contributed by atoms with Crippen molar-refractivity contribution in [2.75, 3.05) is 6.54 Å². The van der Waals surface area contributed by atoms with E-state index in [1.165, 1.54) is 0 Å². The van der Waals surface area contributed by atoms with E-state index < -0.39 is 5.54 Å². The number of hydrogen-bond acceptors (Lipinski definition) is 3. The van der Waals surface area contributed by atoms with E-state index in [1.807, 2.05) is 32.9 Å². The molecule has 0 fully saturated rings. The third kappa shape index (κ3) is 7.15. The van der Waals surface area contributed by atoms with Crippen molar-refractivity contribution in [3.05, 3.63) is 29.6 Å². The van der Waals surface area contributed by atoms with Gasteiger partial charge in [-0.1, -0.05) is 6.07 Å². The van der Waals surface area contributed by atoms with E-state index in [9.17, 15) is 4.79 Å². The Labute approximate surface area is 114 Å². The summed E-state index contributed by atoms with van der Waals surface area (Å²) in [5.41, 5.74) is 6.61. The first-order valence-electron chi connectivity index (χ1n) is 4.89. The zero-order valence-corrected chi connectivity index (χ0v) is 11.8. The highest BCUT2D eigenvalue weighted by Gasteiger charge is 2.13. The molecular formula is C11H19Cl2N3O. The van der Waals surface area contributed by atoms with Crippen LogP contribution < -0.4 is 11.1 Å². The van der Waals surface area contributed by atoms with Gasteiger partial charge in [0.05, 0.1) is 0 Å². The van der Waals surface area contributed by atoms with Gasteiger partial charge in [0.15, 0.2) is 0 Å². The summed E-state index contributed by atoms with van der Waals surface area (Å²) >= 11 is 0. The quantitative estimate of drug-likeness (QED) is 0.885. The Kier molecular flexibility index (Phi) is 8.15. The second-order valence-electron chi connectivity index (χ2n) is 4.34. The maximum Gasteiger partial charge on any atom is 0.269 e. The first-order chi connectivity index (χ1) is 6.88. The van der Waals surface area contributed by atoms with Crippen LogP contribution in [-0.2, 0) is 0 Å². The number of nitrogens with two attached hydrogens (primary N) is 1. The number of aryl methyl sites for hydroxylation is 1. The molecule has 3 N–H and O–H groups in total. The number of pyridine rings is 1. The number of amides is 1. The molecule has 0 aromatic carbocycles. The molecule has 0 aliphatic rings. The molecule has 17 heavy (non-hydrogen) atoms. The number of nitrogens with one attached hydrogen (secondary N) is 1. The van der Waals surface area contributed by atoms with Crippen LogP contribution in [0.15, 0.2) is 18.2 Å². The van der Waals surface area contributed by atoms with Crippen LogP contribution in [0.4, 0.5) is 0 Å². The van der Waals surface area contributed by atoms with Crippen LogP contribution >= 0.6 is 24.8 Å². The van der Waals surface area contributed by atoms with Gasteiger partial charge < -0.3 is 11.1 Å². The average molecular weight is 280 g/mol. The number of halogens is 2. The molecule has 0 saturated heterocycles. The zero-order chi connectivity index (χ0) is 11.5. The molecule has 1 aromatic rings. The smallest absolute Gasteiger partial charge is 0.269 e. The van der Waals surface area contributed by atoms with Gasteiger partial charge in [-0.05, 0) is 32.9 Å². The minimum atomic E-state index is -0.403. The van der Waals surface area contributed by atoms with Crippen molar-refractivity contribution in [3.63, 3.8) is 0 Å². The number of carbonyl (C=O) groups is 1. The van der Waals surface area contributed by atoms with Gasteiger partial charge in [0.2, 0.25) is 0 Å². The summed E-state index contributed by atoms with van der Waals surface area (Å²) in [5.74, 6) is -0.183. The number of hydrogen-bond donors (Lipinski definition) is 2. The molecule has 1 amide bonds. The molecule has 0 radical (unpaired) electrons. The average Bonchev–Trinajstić information content (AvgIpc) is 2.13. The molecule has 0 saturated carbocycles. The molecule has 1 aromatic heterocycles. The van der Waals surface area contributed by atoms with E-state index in [2.05, 4.69) is 10.3 Å². The van der Waals surface area contributed by atoms with Crippen molar-refractivity contribution in [3.8, 4) is 0 Å². The molecule has 0 aliphatic heterocycles. The molecule has 1 heterocycles. The van der Waals surface area contributed by atoms with E-state index in [-0.39, 0.29) is 30.7 Å². The Morgan fingerprint density at radius 2 is 2.00 bits per heavy atom. The lowest BCUT2D eigenvalue weighted by Crippen LogP contribution is -2.45. The third-order valence-corrected chi connectivity index (χ3v) is 1.83. The van der Waals surface area contributed by atoms with Crippen LogP contribution in [0.1, 0.15) is 30.0 Å². The Bertz CT molecular complexity index is 364. The SMILES string of the molecule is Cc1cccc(C(=O)NCC(C)(C)N)n1.Cl.Cl. The van der Waals surface area contributed by atoms with Crippen molar-refractivity contribution in [2.24, 2.45) is 5.73 Å². The second-order valence-corrected chi connectivity index (χ2v) is 4.34. The first kappa shape index (κ1) is 18.5. The van der Waals surface area contributed by atoms with Crippen LogP contribution in [0.2, 0.25) is 0 Å². The lowest BCUT2D eigenvalue weighted by molar-refractivity contribution is 0.0941. The van der Waals surface area contributed by atoms with Crippen LogP contribution in [-0.4, -0.2) is 23.0 Å². The zero-order valence-electron chi connectivity index (χ0n) is 10.2. The van der Waals surface area contributed by atoms with Crippen molar-refractivity contribution in [1.82, 2.24) is 10.3 Å². The van der Waals surface area contributed by atoms with E-state index in [4.69, 9.17) is 5.73 Å². The van der Waals surface area contributed by atoms with E-state index in [1.54, 1.807) is 6.07 Å². The van der Waals surface area contributed by atoms with Gasteiger partial charge >= 0.3 is 0 Å². The summed E-state index contributed by atoms with van der Waals surface area (Å²) in [7, 11) is 0. The Balaban J connectivity index is 0. The molecular weight excluding hydrogens is 261 g/mol. The first-order valence-corrected chi connectivity index (χ1v) is 4.89. The van der Waals surface area contributed by atoms with Crippen LogP contribution in [0, 0.1) is 6.92 Å². The van der Waals surface area contributed by atoms with E-state index in [0.717, 1.165) is 5.69 Å². The van der Waals surface area contributed by atoms with Crippen molar-refractivity contribution >= 4 is 30.7 Å². The molecule has 0 atom stereocenters. The second kappa shape index (κ2) is 7.48. The fourth-order valence-electron chi connectivity index (χ4n) is 1.07. The highest BCUT2D eigenvalue weighted by molar-refractivity contribution is 5.92. The fourth-order valence-corrected chi connectivity index (χ4v) is 1.07. The van der Waals surface area contributed by atoms with E-state index >= 15 is 0 Å². The Morgan fingerprint density at radius 1 is 1.41 bits per heavy atom. The van der Waals surface area contributed by atoms with Gasteiger partial charge in [0.25, 0.3) is 5.91 Å². The van der Waals surface area contributed by atoms with Crippen LogP contribution in [0.25, 0.3) is 0 Å². The predicted octanol–water partition coefficient (Wildman–Crippen LogP) is 1.70. The predicted molar refractivity (Wildman–Crippen MR) is 74.1 cm³/mol. The number of carbonyl (C=O) groups excluding carboxylic acids is 1. The maximum atomic E-state index is 11.6. The van der Waals surface area contributed by atoms with Crippen LogP contribution in [0.5, 0.6) is 0 Å². The minimum Gasteiger partial charge on any atom is -0.349 e. The molecule has 0 aliphatic carbocycles. The summed E-state index contributed by atoms with van der Waals surface area (Å²) < 4.78 is 0. The maximum absolute atomic E-state index is 11.6. The van der Waals surface area contributed by atoms with Gasteiger partial charge in [0, 0.05) is 17.8 Å². The Hall–Kier alpha value is -0.840. The lowest BCUT2D eigenvalue weighted by atomic mass is 10.1. The standard InChI is InChI=1S/C11H17N3O.2ClH/c1-8-5-4-6-9(14-8)10(15)13-7-11(2,3)12;;/h4-6H,7,12H2,1-3H3,(H,13,15);2*1H. The van der Waals surface area contributed by atoms with Crippen molar-refractivity contribution in [2.45, 2.75) is 26.3 Å². The summed E-state index contributed by atoms with van der Waals surface area (Å²) in [5, 5.41) is 2.74. The molecule has 0 unspecified atom stereocenters. The monoisotopic (exact) mass is 279 g/mol. The normalized spacial score (nSPS) is 9.88. The largest absolute Gasteiger partial charge is 0.349 e. The number of nitrogens with zero attached hydrogens (tertiary/aromatic N) is 1. The highest BCUT2D eigenvalue weighted by Crippen LogP contribution is 1.99. The molecule has 6 heteroatoms. The highest BCUT2D eigenvalue weighted by atomic mass is 35.5. The van der Waals surface area contributed by atoms with Gasteiger partial charge in [-0.25, -0.2) is 4.98 Å². The van der Waals surface area contributed by atoms with E-state index in [0.29, 0.717) is 12.2 Å². The number of rotatable bonds is 3. The minimum absolute atomic E-state index is 0. The van der Waals surface area contributed by atoms with Crippen LogP contribution in [0.3, 0.4) is 0 Å². The topological polar surface area (TPSA) is 68.0 Å². The molecule has 1 rings (SSSR count). The van der Waals surface area contributed by atoms with Crippen molar-refractivity contribution in [1.29, 1.82) is 0 Å². The fraction of sp³-hybridized carbons (Fsp3) is 0.455. The summed E-state index contributed by atoms with van der Waals surface area (Å²) in [6.45, 7) is 6.00. The van der Waals surface area contributed by atoms with Gasteiger partial charge in [-0.15, -0.1) is 24.8 Å². The third-order valence-electron chi connectivity index (χ3n) is 1.83. The lowest BCUT2D eigenvalue weighted by Gasteiger charge is -2.18. The summed E-state index contributed by atoms with van der Waals surface area (Å²) in [4.78, 5) is 15.7. The summed E-state index contributed by atoms with van der Waals surface area (Å²) in [6, 6.07) is 5.35. The molecule has 0 spiro atoms. The molecule has 0 bridgehead atoms. The van der Waals surface area contributed by atoms with Gasteiger partial charge in [0.1, 0.15) is 5.69 Å².